The van der Waals surface area contributed by atoms with Crippen molar-refractivity contribution in [3.63, 3.8) is 0 Å². The second-order valence-electron chi connectivity index (χ2n) is 8.42. The molecule has 0 unspecified atom stereocenters. The summed E-state index contributed by atoms with van der Waals surface area (Å²) < 4.78 is 16.8. The van der Waals surface area contributed by atoms with E-state index in [1.54, 1.807) is 19.9 Å². The largest absolute Gasteiger partial charge is 0.458 e. The minimum atomic E-state index is -1.62. The lowest BCUT2D eigenvalue weighted by atomic mass is 9.77. The average Bonchev–Trinajstić information content (AvgIpc) is 2.93. The SMILES string of the molecule is CC(=O)O[C@@]1(C)C(=O)O[C@@H]2[C@H]3C(C)=CC(=O)C3=C(C)C[C@H](OC(=O)C=C(C)C)[C@@H]21. The van der Waals surface area contributed by atoms with Gasteiger partial charge in [0.1, 0.15) is 12.2 Å². The molecule has 7 nitrogen and oxygen atoms in total. The molecule has 1 heterocycles. The van der Waals surface area contributed by atoms with Gasteiger partial charge in [-0.25, -0.2) is 9.59 Å². The van der Waals surface area contributed by atoms with E-state index in [0.717, 1.165) is 16.7 Å². The van der Waals surface area contributed by atoms with Crippen LogP contribution in [0.5, 0.6) is 0 Å². The second kappa shape index (κ2) is 7.28. The van der Waals surface area contributed by atoms with E-state index in [2.05, 4.69) is 0 Å². The molecule has 3 aliphatic rings. The van der Waals surface area contributed by atoms with Crippen LogP contribution in [0.25, 0.3) is 0 Å². The lowest BCUT2D eigenvalue weighted by molar-refractivity contribution is -0.176. The molecule has 0 radical (unpaired) electrons. The first-order valence-electron chi connectivity index (χ1n) is 9.64. The van der Waals surface area contributed by atoms with Crippen LogP contribution in [-0.4, -0.2) is 41.5 Å². The number of ether oxygens (including phenoxy) is 3. The number of rotatable bonds is 3. The van der Waals surface area contributed by atoms with Crippen molar-refractivity contribution < 1.29 is 33.4 Å². The summed E-state index contributed by atoms with van der Waals surface area (Å²) in [7, 11) is 0. The van der Waals surface area contributed by atoms with Crippen molar-refractivity contribution in [2.45, 2.75) is 65.8 Å². The molecule has 0 amide bonds. The lowest BCUT2D eigenvalue weighted by Crippen LogP contribution is -2.50. The monoisotopic (exact) mass is 402 g/mol. The summed E-state index contributed by atoms with van der Waals surface area (Å²) in [4.78, 5) is 49.6. The van der Waals surface area contributed by atoms with Gasteiger partial charge in [0.15, 0.2) is 5.78 Å². The second-order valence-corrected chi connectivity index (χ2v) is 8.42. The molecule has 5 atom stereocenters. The number of carbonyl (C=O) groups is 4. The fraction of sp³-hybridized carbons (Fsp3) is 0.545. The Morgan fingerprint density at radius 1 is 1.21 bits per heavy atom. The quantitative estimate of drug-likeness (QED) is 0.407. The van der Waals surface area contributed by atoms with Gasteiger partial charge >= 0.3 is 17.9 Å². The number of hydrogen-bond acceptors (Lipinski definition) is 7. The minimum Gasteiger partial charge on any atom is -0.458 e. The van der Waals surface area contributed by atoms with Crippen molar-refractivity contribution in [2.24, 2.45) is 11.8 Å². The van der Waals surface area contributed by atoms with Gasteiger partial charge in [0.05, 0.1) is 5.92 Å². The Hall–Kier alpha value is -2.70. The van der Waals surface area contributed by atoms with Gasteiger partial charge in [0.2, 0.25) is 5.60 Å². The van der Waals surface area contributed by atoms with Crippen LogP contribution >= 0.6 is 0 Å². The molecular formula is C22H26O7. The smallest absolute Gasteiger partial charge is 0.351 e. The standard InChI is InChI=1S/C22H26O7/c1-10(2)7-16(25)27-15-9-12(4)17-14(24)8-11(3)18(17)20-19(15)22(6,21(26)28-20)29-13(5)23/h7-8,15,18-20H,9H2,1-6H3/t15-,18-,19-,20+,22+/m0/s1. The van der Waals surface area contributed by atoms with Crippen LogP contribution in [0, 0.1) is 11.8 Å². The highest BCUT2D eigenvalue weighted by Gasteiger charge is 2.64. The molecule has 0 saturated carbocycles. The molecule has 0 spiro atoms. The summed E-state index contributed by atoms with van der Waals surface area (Å²) in [6.07, 6.45) is 1.59. The molecule has 0 aromatic rings. The zero-order chi connectivity index (χ0) is 21.7. The van der Waals surface area contributed by atoms with Gasteiger partial charge in [-0.15, -0.1) is 0 Å². The minimum absolute atomic E-state index is 0.128. The van der Waals surface area contributed by atoms with E-state index in [-0.39, 0.29) is 12.2 Å². The van der Waals surface area contributed by atoms with Crippen LogP contribution in [0.1, 0.15) is 48.0 Å². The molecule has 29 heavy (non-hydrogen) atoms. The third kappa shape index (κ3) is 3.54. The van der Waals surface area contributed by atoms with E-state index in [4.69, 9.17) is 14.2 Å². The molecule has 0 aromatic carbocycles. The van der Waals surface area contributed by atoms with E-state index in [0.29, 0.717) is 5.57 Å². The van der Waals surface area contributed by atoms with E-state index in [1.807, 2.05) is 13.8 Å². The van der Waals surface area contributed by atoms with E-state index in [1.165, 1.54) is 19.9 Å². The highest BCUT2D eigenvalue weighted by atomic mass is 16.6. The molecule has 3 rings (SSSR count). The van der Waals surface area contributed by atoms with Crippen molar-refractivity contribution in [1.29, 1.82) is 0 Å². The summed E-state index contributed by atoms with van der Waals surface area (Å²) in [6.45, 7) is 9.87. The van der Waals surface area contributed by atoms with Gasteiger partial charge in [-0.2, -0.15) is 0 Å². The van der Waals surface area contributed by atoms with Gasteiger partial charge in [-0.3, -0.25) is 9.59 Å². The van der Waals surface area contributed by atoms with Crippen LogP contribution in [0.15, 0.2) is 34.4 Å². The fourth-order valence-corrected chi connectivity index (χ4v) is 4.74. The van der Waals surface area contributed by atoms with Crippen molar-refractivity contribution >= 4 is 23.7 Å². The van der Waals surface area contributed by atoms with Crippen LogP contribution in [-0.2, 0) is 33.4 Å². The van der Waals surface area contributed by atoms with Gasteiger partial charge in [0.25, 0.3) is 0 Å². The number of hydrogen-bond donors (Lipinski definition) is 0. The molecule has 0 bridgehead atoms. The van der Waals surface area contributed by atoms with E-state index >= 15 is 0 Å². The first-order valence-corrected chi connectivity index (χ1v) is 9.64. The Labute approximate surface area is 169 Å². The fourth-order valence-electron chi connectivity index (χ4n) is 4.74. The van der Waals surface area contributed by atoms with E-state index < -0.39 is 47.6 Å². The van der Waals surface area contributed by atoms with Gasteiger partial charge < -0.3 is 14.2 Å². The maximum absolute atomic E-state index is 12.8. The molecule has 1 saturated heterocycles. The van der Waals surface area contributed by atoms with E-state index in [9.17, 15) is 19.2 Å². The number of fused-ring (bicyclic) bond motifs is 3. The molecule has 1 aliphatic heterocycles. The summed E-state index contributed by atoms with van der Waals surface area (Å²) in [5.41, 5.74) is 1.27. The van der Waals surface area contributed by atoms with Crippen molar-refractivity contribution in [2.75, 3.05) is 0 Å². The normalized spacial score (nSPS) is 33.2. The van der Waals surface area contributed by atoms with Crippen LogP contribution in [0.4, 0.5) is 0 Å². The topological polar surface area (TPSA) is 96.0 Å². The molecule has 1 fully saturated rings. The third-order valence-electron chi connectivity index (χ3n) is 5.79. The predicted octanol–water partition coefficient (Wildman–Crippen LogP) is 2.59. The zero-order valence-corrected chi connectivity index (χ0v) is 17.5. The summed E-state index contributed by atoms with van der Waals surface area (Å²) in [5.74, 6) is -3.21. The molecule has 2 aliphatic carbocycles. The molecule has 156 valence electrons. The molecule has 0 N–H and O–H groups in total. The Kier molecular flexibility index (Phi) is 5.28. The predicted molar refractivity (Wildman–Crippen MR) is 102 cm³/mol. The first kappa shape index (κ1) is 21.0. The Morgan fingerprint density at radius 3 is 2.45 bits per heavy atom. The maximum Gasteiger partial charge on any atom is 0.351 e. The Balaban J connectivity index is 2.11. The van der Waals surface area contributed by atoms with Gasteiger partial charge in [-0.1, -0.05) is 16.7 Å². The van der Waals surface area contributed by atoms with Crippen molar-refractivity contribution in [1.82, 2.24) is 0 Å². The molecule has 7 heteroatoms. The van der Waals surface area contributed by atoms with Gasteiger partial charge in [-0.05, 0) is 40.7 Å². The summed E-state index contributed by atoms with van der Waals surface area (Å²) in [5, 5.41) is 0. The Bertz CT molecular complexity index is 887. The number of ketones is 1. The van der Waals surface area contributed by atoms with Crippen molar-refractivity contribution in [3.8, 4) is 0 Å². The summed E-state index contributed by atoms with van der Waals surface area (Å²) >= 11 is 0. The van der Waals surface area contributed by atoms with Crippen LogP contribution in [0.3, 0.4) is 0 Å². The number of esters is 3. The average molecular weight is 402 g/mol. The Morgan fingerprint density at radius 2 is 1.86 bits per heavy atom. The van der Waals surface area contributed by atoms with Gasteiger partial charge in [0, 0.05) is 30.9 Å². The van der Waals surface area contributed by atoms with Crippen LogP contribution in [0.2, 0.25) is 0 Å². The lowest BCUT2D eigenvalue weighted by Gasteiger charge is -2.34. The highest BCUT2D eigenvalue weighted by Crippen LogP contribution is 2.51. The summed E-state index contributed by atoms with van der Waals surface area (Å²) in [6, 6.07) is 0. The highest BCUT2D eigenvalue weighted by molar-refractivity contribution is 6.09. The first-order chi connectivity index (χ1) is 13.5. The van der Waals surface area contributed by atoms with Crippen LogP contribution < -0.4 is 0 Å². The molecule has 0 aromatic heterocycles. The maximum atomic E-state index is 12.8. The van der Waals surface area contributed by atoms with Crippen molar-refractivity contribution in [3.05, 3.63) is 34.4 Å². The number of carbonyl (C=O) groups excluding carboxylic acids is 4. The molecular weight excluding hydrogens is 376 g/mol. The zero-order valence-electron chi connectivity index (χ0n) is 17.5. The third-order valence-corrected chi connectivity index (χ3v) is 5.79. The number of allylic oxidation sites excluding steroid dienone is 2.